The van der Waals surface area contributed by atoms with Gasteiger partial charge in [0.15, 0.2) is 11.2 Å². The molecule has 0 saturated carbocycles. The van der Waals surface area contributed by atoms with Gasteiger partial charge >= 0.3 is 5.69 Å². The normalized spacial score (nSPS) is 12.4. The third-order valence-electron chi connectivity index (χ3n) is 5.44. The van der Waals surface area contributed by atoms with Gasteiger partial charge in [-0.2, -0.15) is 0 Å². The van der Waals surface area contributed by atoms with Crippen LogP contribution in [-0.4, -0.2) is 30.6 Å². The van der Waals surface area contributed by atoms with E-state index in [2.05, 4.69) is 24.1 Å². The Hall–Kier alpha value is -3.16. The number of aromatic nitrogens is 4. The molecule has 1 N–H and O–H groups in total. The average Bonchev–Trinajstić information content (AvgIpc) is 3.17. The maximum atomic E-state index is 13.3. The van der Waals surface area contributed by atoms with Gasteiger partial charge in [-0.1, -0.05) is 51.1 Å². The predicted molar refractivity (Wildman–Crippen MR) is 121 cm³/mol. The van der Waals surface area contributed by atoms with E-state index in [0.717, 1.165) is 23.0 Å². The Balaban J connectivity index is 2.12. The van der Waals surface area contributed by atoms with E-state index in [1.807, 2.05) is 44.2 Å². The van der Waals surface area contributed by atoms with Gasteiger partial charge in [0.25, 0.3) is 5.56 Å². The summed E-state index contributed by atoms with van der Waals surface area (Å²) in [7, 11) is 0. The number of fused-ring (bicyclic) bond motifs is 1. The highest BCUT2D eigenvalue weighted by Crippen LogP contribution is 2.12. The van der Waals surface area contributed by atoms with Gasteiger partial charge in [-0.15, -0.1) is 0 Å². The second kappa shape index (κ2) is 9.76. The lowest BCUT2D eigenvalue weighted by Crippen LogP contribution is -2.45. The van der Waals surface area contributed by atoms with Gasteiger partial charge in [-0.3, -0.25) is 14.2 Å². The molecule has 2 heterocycles. The molecule has 0 bridgehead atoms. The summed E-state index contributed by atoms with van der Waals surface area (Å²) in [6.07, 6.45) is 3.25. The molecule has 0 saturated heterocycles. The number of hydrogen-bond donors (Lipinski definition) is 1. The molecule has 31 heavy (non-hydrogen) atoms. The molecule has 8 nitrogen and oxygen atoms in total. The van der Waals surface area contributed by atoms with Crippen molar-refractivity contribution in [2.75, 3.05) is 0 Å². The predicted octanol–water partition coefficient (Wildman–Crippen LogP) is 2.37. The molecule has 166 valence electrons. The van der Waals surface area contributed by atoms with Crippen LogP contribution in [0.3, 0.4) is 0 Å². The van der Waals surface area contributed by atoms with Crippen molar-refractivity contribution in [1.29, 1.82) is 0 Å². The first-order valence-corrected chi connectivity index (χ1v) is 10.8. The zero-order chi connectivity index (χ0) is 22.5. The van der Waals surface area contributed by atoms with E-state index in [-0.39, 0.29) is 25.0 Å². The second-order valence-electron chi connectivity index (χ2n) is 8.42. The number of nitrogens with one attached hydrogen (secondary N) is 1. The zero-order valence-corrected chi connectivity index (χ0v) is 18.7. The maximum Gasteiger partial charge on any atom is 0.333 e. The summed E-state index contributed by atoms with van der Waals surface area (Å²) in [5, 5.41) is 2.83. The highest BCUT2D eigenvalue weighted by atomic mass is 16.2. The number of aryl methyl sites for hydroxylation is 1. The summed E-state index contributed by atoms with van der Waals surface area (Å²) in [5.74, 6) is 0.101. The van der Waals surface area contributed by atoms with Crippen LogP contribution < -0.4 is 16.6 Å². The topological polar surface area (TPSA) is 90.9 Å². The Kier molecular flexibility index (Phi) is 7.09. The van der Waals surface area contributed by atoms with Crippen molar-refractivity contribution >= 4 is 17.1 Å². The molecule has 3 rings (SSSR count). The van der Waals surface area contributed by atoms with Crippen LogP contribution in [0.25, 0.3) is 11.2 Å². The standard InChI is InChI=1S/C23H31N5O3/c1-5-17(4)25-19(29)14-28-22(30)20-21(24-15-26(20)12-11-16(2)3)27(23(28)31)13-18-9-7-6-8-10-18/h6-10,15-17H,5,11-14H2,1-4H3,(H,25,29)/t17-/m1/s1. The van der Waals surface area contributed by atoms with Crippen LogP contribution in [0.1, 0.15) is 46.1 Å². The van der Waals surface area contributed by atoms with Crippen LogP contribution in [0.15, 0.2) is 46.2 Å². The third kappa shape index (κ3) is 5.13. The molecular weight excluding hydrogens is 394 g/mol. The lowest BCUT2D eigenvalue weighted by atomic mass is 10.1. The molecule has 0 fully saturated rings. The molecule has 1 aromatic carbocycles. The fraction of sp³-hybridized carbons (Fsp3) is 0.478. The number of hydrogen-bond acceptors (Lipinski definition) is 4. The van der Waals surface area contributed by atoms with Gasteiger partial charge in [-0.25, -0.2) is 14.3 Å². The number of benzene rings is 1. The largest absolute Gasteiger partial charge is 0.352 e. The summed E-state index contributed by atoms with van der Waals surface area (Å²) in [6.45, 7) is 8.64. The van der Waals surface area contributed by atoms with Gasteiger partial charge < -0.3 is 9.88 Å². The van der Waals surface area contributed by atoms with Crippen molar-refractivity contribution in [3.63, 3.8) is 0 Å². The van der Waals surface area contributed by atoms with Crippen LogP contribution in [0.5, 0.6) is 0 Å². The summed E-state index contributed by atoms with van der Waals surface area (Å²) in [4.78, 5) is 43.4. The fourth-order valence-corrected chi connectivity index (χ4v) is 3.42. The van der Waals surface area contributed by atoms with E-state index in [9.17, 15) is 14.4 Å². The smallest absolute Gasteiger partial charge is 0.333 e. The Morgan fingerprint density at radius 2 is 1.81 bits per heavy atom. The highest BCUT2D eigenvalue weighted by Gasteiger charge is 2.20. The molecule has 0 spiro atoms. The summed E-state index contributed by atoms with van der Waals surface area (Å²) in [5.41, 5.74) is 0.602. The van der Waals surface area contributed by atoms with Crippen LogP contribution in [0, 0.1) is 5.92 Å². The van der Waals surface area contributed by atoms with Gasteiger partial charge in [0.1, 0.15) is 6.54 Å². The number of rotatable bonds is 9. The molecule has 0 unspecified atom stereocenters. The van der Waals surface area contributed by atoms with Gasteiger partial charge in [0.2, 0.25) is 5.91 Å². The molecule has 1 amide bonds. The third-order valence-corrected chi connectivity index (χ3v) is 5.44. The van der Waals surface area contributed by atoms with Crippen molar-refractivity contribution in [2.45, 2.75) is 66.2 Å². The number of imidazole rings is 1. The van der Waals surface area contributed by atoms with Crippen LogP contribution in [0.2, 0.25) is 0 Å². The van der Waals surface area contributed by atoms with Crippen molar-refractivity contribution in [2.24, 2.45) is 5.92 Å². The molecule has 8 heteroatoms. The molecule has 0 aliphatic heterocycles. The molecule has 1 atom stereocenters. The van der Waals surface area contributed by atoms with Crippen LogP contribution in [0.4, 0.5) is 0 Å². The molecule has 0 aliphatic rings. The monoisotopic (exact) mass is 425 g/mol. The van der Waals surface area contributed by atoms with E-state index in [1.165, 1.54) is 4.57 Å². The fourth-order valence-electron chi connectivity index (χ4n) is 3.42. The summed E-state index contributed by atoms with van der Waals surface area (Å²) < 4.78 is 4.30. The molecule has 0 radical (unpaired) electrons. The lowest BCUT2D eigenvalue weighted by molar-refractivity contribution is -0.122. The number of carbonyl (C=O) groups excluding carboxylic acids is 1. The molecular formula is C23H31N5O3. The quantitative estimate of drug-likeness (QED) is 0.570. The Bertz CT molecular complexity index is 1160. The first-order chi connectivity index (χ1) is 14.8. The van der Waals surface area contributed by atoms with E-state index >= 15 is 0 Å². The van der Waals surface area contributed by atoms with Crippen molar-refractivity contribution in [1.82, 2.24) is 24.0 Å². The van der Waals surface area contributed by atoms with Crippen molar-refractivity contribution in [3.8, 4) is 0 Å². The summed E-state index contributed by atoms with van der Waals surface area (Å²) >= 11 is 0. The van der Waals surface area contributed by atoms with Gasteiger partial charge in [0.05, 0.1) is 12.9 Å². The van der Waals surface area contributed by atoms with E-state index in [1.54, 1.807) is 10.9 Å². The minimum absolute atomic E-state index is 0.0324. The number of amides is 1. The number of nitrogens with zero attached hydrogens (tertiary/aromatic N) is 4. The number of carbonyl (C=O) groups is 1. The van der Waals surface area contributed by atoms with Crippen LogP contribution >= 0.6 is 0 Å². The van der Waals surface area contributed by atoms with E-state index in [0.29, 0.717) is 23.6 Å². The molecule has 2 aromatic heterocycles. The van der Waals surface area contributed by atoms with E-state index in [4.69, 9.17) is 0 Å². The Morgan fingerprint density at radius 1 is 1.10 bits per heavy atom. The van der Waals surface area contributed by atoms with Crippen molar-refractivity contribution in [3.05, 3.63) is 63.1 Å². The Labute approximate surface area is 181 Å². The summed E-state index contributed by atoms with van der Waals surface area (Å²) in [6, 6.07) is 9.50. The first kappa shape index (κ1) is 22.5. The lowest BCUT2D eigenvalue weighted by Gasteiger charge is -2.15. The van der Waals surface area contributed by atoms with Gasteiger partial charge in [0, 0.05) is 12.6 Å². The van der Waals surface area contributed by atoms with Crippen LogP contribution in [-0.2, 0) is 24.4 Å². The minimum Gasteiger partial charge on any atom is -0.352 e. The minimum atomic E-state index is -0.533. The van der Waals surface area contributed by atoms with Gasteiger partial charge in [-0.05, 0) is 31.2 Å². The SMILES string of the molecule is CC[C@@H](C)NC(=O)Cn1c(=O)c2c(ncn2CCC(C)C)n(Cc2ccccc2)c1=O. The second-order valence-corrected chi connectivity index (χ2v) is 8.42. The highest BCUT2D eigenvalue weighted by molar-refractivity contribution is 5.77. The molecule has 3 aromatic rings. The maximum absolute atomic E-state index is 13.3. The van der Waals surface area contributed by atoms with Crippen molar-refractivity contribution < 1.29 is 4.79 Å². The average molecular weight is 426 g/mol. The van der Waals surface area contributed by atoms with E-state index < -0.39 is 11.2 Å². The first-order valence-electron chi connectivity index (χ1n) is 10.8. The Morgan fingerprint density at radius 3 is 2.45 bits per heavy atom. The zero-order valence-electron chi connectivity index (χ0n) is 18.7. The molecule has 0 aliphatic carbocycles.